The van der Waals surface area contributed by atoms with Crippen LogP contribution in [0.15, 0.2) is 42.5 Å². The summed E-state index contributed by atoms with van der Waals surface area (Å²) in [6, 6.07) is 13.5. The highest BCUT2D eigenvalue weighted by molar-refractivity contribution is 7.99. The molecule has 1 N–H and O–H groups in total. The van der Waals surface area contributed by atoms with Crippen molar-refractivity contribution < 1.29 is 14.3 Å². The standard InChI is InChI=1S/C26H36N2O3S/c1-18-11-19(2)13-22(12-18)16-32-17-24(29)28(20(3)25(30)27-26(4,5)6)15-21-9-8-10-23(14-21)31-7/h8-14,20H,15-17H2,1-7H3,(H,27,30)/t20-/m0/s1. The number of amides is 2. The molecule has 2 aromatic carbocycles. The van der Waals surface area contributed by atoms with E-state index in [2.05, 4.69) is 37.4 Å². The maximum absolute atomic E-state index is 13.2. The van der Waals surface area contributed by atoms with Crippen LogP contribution < -0.4 is 10.1 Å². The average Bonchev–Trinajstić information content (AvgIpc) is 2.69. The number of thioether (sulfide) groups is 1. The zero-order chi connectivity index (χ0) is 23.9. The van der Waals surface area contributed by atoms with E-state index in [4.69, 9.17) is 4.74 Å². The SMILES string of the molecule is COc1cccc(CN(C(=O)CSCc2cc(C)cc(C)c2)[C@@H](C)C(=O)NC(C)(C)C)c1. The molecule has 0 aliphatic heterocycles. The molecule has 2 rings (SSSR count). The van der Waals surface area contributed by atoms with Crippen molar-refractivity contribution in [2.24, 2.45) is 0 Å². The van der Waals surface area contributed by atoms with E-state index in [9.17, 15) is 9.59 Å². The number of methoxy groups -OCH3 is 1. The van der Waals surface area contributed by atoms with Gasteiger partial charge in [-0.15, -0.1) is 11.8 Å². The molecular weight excluding hydrogens is 420 g/mol. The molecule has 0 unspecified atom stereocenters. The van der Waals surface area contributed by atoms with Gasteiger partial charge in [0.1, 0.15) is 11.8 Å². The number of nitrogens with one attached hydrogen (secondary N) is 1. The summed E-state index contributed by atoms with van der Waals surface area (Å²) < 4.78 is 5.32. The minimum atomic E-state index is -0.588. The van der Waals surface area contributed by atoms with Gasteiger partial charge in [-0.25, -0.2) is 0 Å². The van der Waals surface area contributed by atoms with E-state index in [0.717, 1.165) is 17.1 Å². The van der Waals surface area contributed by atoms with Gasteiger partial charge in [-0.3, -0.25) is 9.59 Å². The number of ether oxygens (including phenoxy) is 1. The van der Waals surface area contributed by atoms with Crippen LogP contribution >= 0.6 is 11.8 Å². The van der Waals surface area contributed by atoms with Gasteiger partial charge >= 0.3 is 0 Å². The average molecular weight is 457 g/mol. The second-order valence-electron chi connectivity index (χ2n) is 9.28. The first-order valence-electron chi connectivity index (χ1n) is 10.9. The topological polar surface area (TPSA) is 58.6 Å². The normalized spacial score (nSPS) is 12.2. The Bertz CT molecular complexity index is 917. The van der Waals surface area contributed by atoms with E-state index < -0.39 is 6.04 Å². The summed E-state index contributed by atoms with van der Waals surface area (Å²) in [6.45, 7) is 12.1. The summed E-state index contributed by atoms with van der Waals surface area (Å²) in [4.78, 5) is 27.7. The molecule has 0 radical (unpaired) electrons. The summed E-state index contributed by atoms with van der Waals surface area (Å²) in [7, 11) is 1.62. The molecule has 0 bridgehead atoms. The third-order valence-corrected chi connectivity index (χ3v) is 5.92. The highest BCUT2D eigenvalue weighted by atomic mass is 32.2. The Labute approximate surface area is 196 Å². The summed E-state index contributed by atoms with van der Waals surface area (Å²) in [5, 5.41) is 2.99. The third-order valence-electron chi connectivity index (χ3n) is 4.93. The fraction of sp³-hybridized carbons (Fsp3) is 0.462. The van der Waals surface area contributed by atoms with Gasteiger partial charge in [-0.1, -0.05) is 41.5 Å². The maximum Gasteiger partial charge on any atom is 0.242 e. The molecule has 5 nitrogen and oxygen atoms in total. The van der Waals surface area contributed by atoms with E-state index in [1.807, 2.05) is 45.0 Å². The zero-order valence-corrected chi connectivity index (χ0v) is 21.1. The monoisotopic (exact) mass is 456 g/mol. The van der Waals surface area contributed by atoms with Crippen molar-refractivity contribution in [3.8, 4) is 5.75 Å². The van der Waals surface area contributed by atoms with Crippen LogP contribution in [-0.2, 0) is 21.9 Å². The van der Waals surface area contributed by atoms with Gasteiger partial charge in [0.25, 0.3) is 0 Å². The van der Waals surface area contributed by atoms with Crippen LogP contribution in [0.2, 0.25) is 0 Å². The smallest absolute Gasteiger partial charge is 0.242 e. The molecule has 0 heterocycles. The molecule has 0 saturated carbocycles. The number of carbonyl (C=O) groups is 2. The second-order valence-corrected chi connectivity index (χ2v) is 10.3. The van der Waals surface area contributed by atoms with Crippen LogP contribution in [0.4, 0.5) is 0 Å². The van der Waals surface area contributed by atoms with Crippen molar-refractivity contribution >= 4 is 23.6 Å². The van der Waals surface area contributed by atoms with Gasteiger partial charge in [0.15, 0.2) is 0 Å². The maximum atomic E-state index is 13.2. The van der Waals surface area contributed by atoms with Crippen molar-refractivity contribution in [1.29, 1.82) is 0 Å². The fourth-order valence-corrected chi connectivity index (χ4v) is 4.36. The van der Waals surface area contributed by atoms with Crippen molar-refractivity contribution in [1.82, 2.24) is 10.2 Å². The minimum absolute atomic E-state index is 0.0567. The molecule has 0 aromatic heterocycles. The van der Waals surface area contributed by atoms with Crippen LogP contribution in [0.5, 0.6) is 5.75 Å². The molecule has 0 aliphatic carbocycles. The van der Waals surface area contributed by atoms with Crippen LogP contribution in [0.3, 0.4) is 0 Å². The minimum Gasteiger partial charge on any atom is -0.497 e. The molecular formula is C26H36N2O3S. The summed E-state index contributed by atoms with van der Waals surface area (Å²) in [6.07, 6.45) is 0. The van der Waals surface area contributed by atoms with Crippen LogP contribution in [-0.4, -0.2) is 41.2 Å². The number of hydrogen-bond acceptors (Lipinski definition) is 4. The second kappa shape index (κ2) is 11.4. The molecule has 0 aliphatic rings. The largest absolute Gasteiger partial charge is 0.497 e. The summed E-state index contributed by atoms with van der Waals surface area (Å²) >= 11 is 1.57. The van der Waals surface area contributed by atoms with Crippen LogP contribution in [0.1, 0.15) is 49.9 Å². The molecule has 2 aromatic rings. The molecule has 0 spiro atoms. The van der Waals surface area contributed by atoms with Gasteiger partial charge in [-0.2, -0.15) is 0 Å². The number of aryl methyl sites for hydroxylation is 2. The predicted molar refractivity (Wildman–Crippen MR) is 133 cm³/mol. The van der Waals surface area contributed by atoms with Crippen LogP contribution in [0, 0.1) is 13.8 Å². The lowest BCUT2D eigenvalue weighted by Crippen LogP contribution is -2.52. The Hall–Kier alpha value is -2.47. The molecule has 0 fully saturated rings. The van der Waals surface area contributed by atoms with Gasteiger partial charge in [-0.05, 0) is 64.8 Å². The molecule has 32 heavy (non-hydrogen) atoms. The fourth-order valence-electron chi connectivity index (χ4n) is 3.52. The molecule has 174 valence electrons. The first-order chi connectivity index (χ1) is 15.0. The van der Waals surface area contributed by atoms with E-state index in [0.29, 0.717) is 12.3 Å². The Balaban J connectivity index is 2.14. The number of carbonyl (C=O) groups excluding carboxylic acids is 2. The Morgan fingerprint density at radius 3 is 2.31 bits per heavy atom. The van der Waals surface area contributed by atoms with Gasteiger partial charge in [0, 0.05) is 17.8 Å². The molecule has 6 heteroatoms. The van der Waals surface area contributed by atoms with Crippen molar-refractivity contribution in [2.45, 2.75) is 65.4 Å². The number of hydrogen-bond donors (Lipinski definition) is 1. The number of nitrogens with zero attached hydrogens (tertiary/aromatic N) is 1. The molecule has 1 atom stereocenters. The van der Waals surface area contributed by atoms with Gasteiger partial charge in [0.2, 0.25) is 11.8 Å². The van der Waals surface area contributed by atoms with Crippen molar-refractivity contribution in [3.63, 3.8) is 0 Å². The number of rotatable bonds is 9. The van der Waals surface area contributed by atoms with E-state index >= 15 is 0 Å². The Morgan fingerprint density at radius 2 is 1.72 bits per heavy atom. The van der Waals surface area contributed by atoms with Crippen molar-refractivity contribution in [2.75, 3.05) is 12.9 Å². The van der Waals surface area contributed by atoms with Gasteiger partial charge in [0.05, 0.1) is 12.9 Å². The van der Waals surface area contributed by atoms with Gasteiger partial charge < -0.3 is 15.0 Å². The van der Waals surface area contributed by atoms with E-state index in [1.165, 1.54) is 16.7 Å². The summed E-state index contributed by atoms with van der Waals surface area (Å²) in [5.41, 5.74) is 4.21. The first kappa shape index (κ1) is 25.8. The number of benzene rings is 2. The summed E-state index contributed by atoms with van der Waals surface area (Å²) in [5.74, 6) is 1.58. The lowest BCUT2D eigenvalue weighted by atomic mass is 10.1. The zero-order valence-electron chi connectivity index (χ0n) is 20.3. The highest BCUT2D eigenvalue weighted by Gasteiger charge is 2.28. The quantitative estimate of drug-likeness (QED) is 0.584. The van der Waals surface area contributed by atoms with Crippen LogP contribution in [0.25, 0.3) is 0 Å². The first-order valence-corrected chi connectivity index (χ1v) is 12.0. The van der Waals surface area contributed by atoms with E-state index in [1.54, 1.807) is 30.7 Å². The Morgan fingerprint density at radius 1 is 1.06 bits per heavy atom. The lowest BCUT2D eigenvalue weighted by Gasteiger charge is -2.31. The predicted octanol–water partition coefficient (Wildman–Crippen LogP) is 4.88. The Kier molecular flexibility index (Phi) is 9.20. The third kappa shape index (κ3) is 8.23. The molecule has 0 saturated heterocycles. The van der Waals surface area contributed by atoms with Crippen molar-refractivity contribution in [3.05, 3.63) is 64.7 Å². The highest BCUT2D eigenvalue weighted by Crippen LogP contribution is 2.20. The van der Waals surface area contributed by atoms with E-state index in [-0.39, 0.29) is 17.4 Å². The molecule has 2 amide bonds. The lowest BCUT2D eigenvalue weighted by molar-refractivity contribution is -0.139.